The predicted octanol–water partition coefficient (Wildman–Crippen LogP) is 1.85. The zero-order valence-electron chi connectivity index (χ0n) is 15.4. The molecule has 0 radical (unpaired) electrons. The van der Waals surface area contributed by atoms with Crippen LogP contribution in [0.15, 0.2) is 54.6 Å². The van der Waals surface area contributed by atoms with Crippen molar-refractivity contribution in [3.63, 3.8) is 0 Å². The number of hydrogen-bond acceptors (Lipinski definition) is 6. The fraction of sp³-hybridized carbons (Fsp3) is 0.300. The topological polar surface area (TPSA) is 86.6 Å². The van der Waals surface area contributed by atoms with E-state index >= 15 is 0 Å². The van der Waals surface area contributed by atoms with Crippen molar-refractivity contribution in [1.82, 2.24) is 19.8 Å². The molecule has 2 aromatic rings. The van der Waals surface area contributed by atoms with E-state index in [1.807, 2.05) is 25.1 Å². The summed E-state index contributed by atoms with van der Waals surface area (Å²) < 4.78 is 0. The summed E-state index contributed by atoms with van der Waals surface area (Å²) >= 11 is 0. The van der Waals surface area contributed by atoms with Crippen molar-refractivity contribution in [2.75, 3.05) is 27.2 Å². The number of nitrogens with zero attached hydrogens (tertiary/aromatic N) is 4. The van der Waals surface area contributed by atoms with E-state index in [1.54, 1.807) is 30.6 Å². The summed E-state index contributed by atoms with van der Waals surface area (Å²) in [7, 11) is 3.91. The quantitative estimate of drug-likeness (QED) is 0.477. The Kier molecular flexibility index (Phi) is 5.61. The number of pyridine rings is 2. The molecule has 1 saturated heterocycles. The lowest BCUT2D eigenvalue weighted by atomic mass is 9.96. The lowest BCUT2D eigenvalue weighted by Crippen LogP contribution is -2.32. The van der Waals surface area contributed by atoms with E-state index in [0.717, 1.165) is 6.54 Å². The van der Waals surface area contributed by atoms with Gasteiger partial charge >= 0.3 is 0 Å². The highest BCUT2D eigenvalue weighted by Crippen LogP contribution is 2.38. The van der Waals surface area contributed by atoms with Crippen molar-refractivity contribution in [1.29, 1.82) is 0 Å². The predicted molar refractivity (Wildman–Crippen MR) is 101 cm³/mol. The molecule has 1 unspecified atom stereocenters. The SMILES string of the molecule is CN(C)CCCN1C(=O)C(=O)C(=C(O)c2ccncc2)C1c1cccnc1. The minimum atomic E-state index is -0.678. The average molecular weight is 366 g/mol. The van der Waals surface area contributed by atoms with Gasteiger partial charge in [0, 0.05) is 36.9 Å². The van der Waals surface area contributed by atoms with Crippen molar-refractivity contribution >= 4 is 17.4 Å². The van der Waals surface area contributed by atoms with Crippen molar-refractivity contribution in [2.24, 2.45) is 0 Å². The van der Waals surface area contributed by atoms with Gasteiger partial charge < -0.3 is 14.9 Å². The van der Waals surface area contributed by atoms with Gasteiger partial charge in [-0.3, -0.25) is 19.6 Å². The number of carbonyl (C=O) groups is 2. The number of ketones is 1. The van der Waals surface area contributed by atoms with Gasteiger partial charge in [-0.05, 0) is 50.8 Å². The van der Waals surface area contributed by atoms with Crippen molar-refractivity contribution < 1.29 is 14.7 Å². The summed E-state index contributed by atoms with van der Waals surface area (Å²) in [5.41, 5.74) is 1.23. The lowest BCUT2D eigenvalue weighted by Gasteiger charge is -2.25. The third-order valence-corrected chi connectivity index (χ3v) is 4.50. The minimum absolute atomic E-state index is 0.0871. The molecule has 27 heavy (non-hydrogen) atoms. The van der Waals surface area contributed by atoms with E-state index in [-0.39, 0.29) is 11.3 Å². The number of rotatable bonds is 6. The molecule has 0 aliphatic carbocycles. The molecule has 1 amide bonds. The molecule has 1 fully saturated rings. The van der Waals surface area contributed by atoms with Gasteiger partial charge in [0.1, 0.15) is 5.76 Å². The number of amides is 1. The van der Waals surface area contributed by atoms with Crippen LogP contribution in [0.1, 0.15) is 23.6 Å². The summed E-state index contributed by atoms with van der Waals surface area (Å²) in [5, 5.41) is 10.8. The summed E-state index contributed by atoms with van der Waals surface area (Å²) in [6.07, 6.45) is 7.02. The molecule has 7 nitrogen and oxygen atoms in total. The van der Waals surface area contributed by atoms with E-state index in [0.29, 0.717) is 24.1 Å². The van der Waals surface area contributed by atoms with Gasteiger partial charge in [0.15, 0.2) is 0 Å². The highest BCUT2D eigenvalue weighted by molar-refractivity contribution is 6.46. The maximum absolute atomic E-state index is 12.8. The fourth-order valence-electron chi connectivity index (χ4n) is 3.22. The van der Waals surface area contributed by atoms with Crippen molar-refractivity contribution in [2.45, 2.75) is 12.5 Å². The first-order chi connectivity index (χ1) is 13.0. The highest BCUT2D eigenvalue weighted by atomic mass is 16.3. The standard InChI is InChI=1S/C20H22N4O3/c1-23(2)11-4-12-24-17(15-5-3-8-22-13-15)16(19(26)20(24)27)18(25)14-6-9-21-10-7-14/h3,5-10,13,17,25H,4,11-12H2,1-2H3. The second-order valence-corrected chi connectivity index (χ2v) is 6.67. The van der Waals surface area contributed by atoms with Crippen LogP contribution >= 0.6 is 0 Å². The van der Waals surface area contributed by atoms with E-state index in [1.165, 1.54) is 17.3 Å². The largest absolute Gasteiger partial charge is 0.507 e. The molecule has 1 aliphatic rings. The smallest absolute Gasteiger partial charge is 0.295 e. The molecule has 0 aromatic carbocycles. The molecule has 0 spiro atoms. The van der Waals surface area contributed by atoms with Crippen LogP contribution in [0.4, 0.5) is 0 Å². The lowest BCUT2D eigenvalue weighted by molar-refractivity contribution is -0.139. The number of aliphatic hydroxyl groups is 1. The van der Waals surface area contributed by atoms with Crippen molar-refractivity contribution in [3.05, 3.63) is 65.8 Å². The number of Topliss-reactive ketones (excluding diaryl/α,β-unsaturated/α-hetero) is 1. The fourth-order valence-corrected chi connectivity index (χ4v) is 3.22. The summed E-state index contributed by atoms with van der Waals surface area (Å²) in [6.45, 7) is 1.20. The molecule has 3 rings (SSSR count). The Labute approximate surface area is 158 Å². The van der Waals surface area contributed by atoms with Crippen LogP contribution in [0.25, 0.3) is 5.76 Å². The average Bonchev–Trinajstić information content (AvgIpc) is 2.93. The van der Waals surface area contributed by atoms with Gasteiger partial charge in [-0.25, -0.2) is 0 Å². The zero-order chi connectivity index (χ0) is 19.4. The van der Waals surface area contributed by atoms with Crippen LogP contribution in [0.5, 0.6) is 0 Å². The summed E-state index contributed by atoms with van der Waals surface area (Å²) in [5.74, 6) is -1.47. The Bertz CT molecular complexity index is 850. The Morgan fingerprint density at radius 3 is 2.52 bits per heavy atom. The van der Waals surface area contributed by atoms with Gasteiger partial charge in [-0.2, -0.15) is 0 Å². The second-order valence-electron chi connectivity index (χ2n) is 6.67. The molecule has 1 N–H and O–H groups in total. The summed E-state index contributed by atoms with van der Waals surface area (Å²) in [4.78, 5) is 37.0. The van der Waals surface area contributed by atoms with Crippen LogP contribution in [-0.4, -0.2) is 63.7 Å². The second kappa shape index (κ2) is 8.09. The monoisotopic (exact) mass is 366 g/mol. The highest BCUT2D eigenvalue weighted by Gasteiger charge is 2.45. The van der Waals surface area contributed by atoms with E-state index in [2.05, 4.69) is 9.97 Å². The third kappa shape index (κ3) is 3.88. The molecule has 1 aliphatic heterocycles. The van der Waals surface area contributed by atoms with Crippen molar-refractivity contribution in [3.8, 4) is 0 Å². The van der Waals surface area contributed by atoms with Crippen LogP contribution in [0.3, 0.4) is 0 Å². The van der Waals surface area contributed by atoms with Gasteiger partial charge in [0.2, 0.25) is 0 Å². The van der Waals surface area contributed by atoms with Crippen LogP contribution in [0.2, 0.25) is 0 Å². The molecule has 140 valence electrons. The Morgan fingerprint density at radius 1 is 1.15 bits per heavy atom. The molecule has 1 atom stereocenters. The molecule has 0 saturated carbocycles. The van der Waals surface area contributed by atoms with Gasteiger partial charge in [-0.15, -0.1) is 0 Å². The number of likely N-dealkylation sites (tertiary alicyclic amines) is 1. The van der Waals surface area contributed by atoms with E-state index in [4.69, 9.17) is 0 Å². The number of hydrogen-bond donors (Lipinski definition) is 1. The van der Waals surface area contributed by atoms with Crippen LogP contribution in [-0.2, 0) is 9.59 Å². The zero-order valence-corrected chi connectivity index (χ0v) is 15.4. The molecule has 0 bridgehead atoms. The number of aromatic nitrogens is 2. The number of carbonyl (C=O) groups excluding carboxylic acids is 2. The molecular weight excluding hydrogens is 344 g/mol. The van der Waals surface area contributed by atoms with E-state index < -0.39 is 17.7 Å². The molecule has 7 heteroatoms. The van der Waals surface area contributed by atoms with Gasteiger partial charge in [0.05, 0.1) is 11.6 Å². The van der Waals surface area contributed by atoms with Gasteiger partial charge in [-0.1, -0.05) is 6.07 Å². The van der Waals surface area contributed by atoms with Crippen LogP contribution < -0.4 is 0 Å². The third-order valence-electron chi connectivity index (χ3n) is 4.50. The normalized spacial score (nSPS) is 19.1. The van der Waals surface area contributed by atoms with Gasteiger partial charge in [0.25, 0.3) is 11.7 Å². The first-order valence-electron chi connectivity index (χ1n) is 8.74. The Hall–Kier alpha value is -3.06. The number of aliphatic hydroxyl groups excluding tert-OH is 1. The molecule has 3 heterocycles. The Morgan fingerprint density at radius 2 is 1.89 bits per heavy atom. The maximum atomic E-state index is 12.8. The first kappa shape index (κ1) is 18.7. The van der Waals surface area contributed by atoms with E-state index in [9.17, 15) is 14.7 Å². The Balaban J connectivity index is 2.05. The minimum Gasteiger partial charge on any atom is -0.507 e. The summed E-state index contributed by atoms with van der Waals surface area (Å²) in [6, 6.07) is 6.11. The molecule has 2 aromatic heterocycles. The first-order valence-corrected chi connectivity index (χ1v) is 8.74. The maximum Gasteiger partial charge on any atom is 0.295 e. The van der Waals surface area contributed by atoms with Crippen LogP contribution in [0, 0.1) is 0 Å². The molecular formula is C20H22N4O3.